The molecule has 0 unspecified atom stereocenters. The molecule has 0 aliphatic rings. The van der Waals surface area contributed by atoms with Crippen LogP contribution in [0.4, 0.5) is 0 Å². The van der Waals surface area contributed by atoms with Crippen molar-refractivity contribution in [3.63, 3.8) is 0 Å². The predicted molar refractivity (Wildman–Crippen MR) is 67.7 cm³/mol. The van der Waals surface area contributed by atoms with Gasteiger partial charge >= 0.3 is 5.97 Å². The Morgan fingerprint density at radius 3 is 2.79 bits per heavy atom. The molecule has 0 aliphatic heterocycles. The van der Waals surface area contributed by atoms with E-state index in [1.54, 1.807) is 19.2 Å². The normalized spacial score (nSPS) is 10.2. The summed E-state index contributed by atoms with van der Waals surface area (Å²) in [4.78, 5) is 10.9. The lowest BCUT2D eigenvalue weighted by Crippen LogP contribution is -2.03. The van der Waals surface area contributed by atoms with E-state index in [0.717, 1.165) is 5.56 Å². The summed E-state index contributed by atoms with van der Waals surface area (Å²) in [6, 6.07) is 7.10. The lowest BCUT2D eigenvalue weighted by molar-refractivity contribution is 0.0658. The van der Waals surface area contributed by atoms with Crippen molar-refractivity contribution in [2.45, 2.75) is 13.5 Å². The van der Waals surface area contributed by atoms with Crippen LogP contribution in [0.3, 0.4) is 0 Å². The van der Waals surface area contributed by atoms with Gasteiger partial charge in [0.25, 0.3) is 0 Å². The number of carbonyl (C=O) groups is 1. The standard InChI is InChI=1S/C14H14O5/c1-9-3-4-11(12(7-9)17-2)19-8-10-5-6-18-13(10)14(15)16/h3-7H,8H2,1-2H3,(H,15,16). The summed E-state index contributed by atoms with van der Waals surface area (Å²) in [6.07, 6.45) is 1.33. The molecule has 5 nitrogen and oxygen atoms in total. The van der Waals surface area contributed by atoms with E-state index in [4.69, 9.17) is 19.0 Å². The van der Waals surface area contributed by atoms with Gasteiger partial charge in [-0.25, -0.2) is 4.79 Å². The third-order valence-electron chi connectivity index (χ3n) is 2.64. The maximum Gasteiger partial charge on any atom is 0.372 e. The fourth-order valence-electron chi connectivity index (χ4n) is 1.69. The average Bonchev–Trinajstić information content (AvgIpc) is 2.85. The number of hydrogen-bond acceptors (Lipinski definition) is 4. The fraction of sp³-hybridized carbons (Fsp3) is 0.214. The van der Waals surface area contributed by atoms with Gasteiger partial charge in [-0.2, -0.15) is 0 Å². The van der Waals surface area contributed by atoms with Crippen LogP contribution >= 0.6 is 0 Å². The number of aromatic carboxylic acids is 1. The van der Waals surface area contributed by atoms with Gasteiger partial charge in [-0.05, 0) is 30.7 Å². The van der Waals surface area contributed by atoms with Crippen LogP contribution in [-0.2, 0) is 6.61 Å². The Kier molecular flexibility index (Phi) is 3.75. The minimum atomic E-state index is -1.11. The summed E-state index contributed by atoms with van der Waals surface area (Å²) in [5.41, 5.74) is 1.54. The molecule has 1 aromatic carbocycles. The second-order valence-electron chi connectivity index (χ2n) is 4.02. The van der Waals surface area contributed by atoms with Crippen LogP contribution in [0.1, 0.15) is 21.7 Å². The smallest absolute Gasteiger partial charge is 0.372 e. The first-order valence-corrected chi connectivity index (χ1v) is 5.69. The zero-order valence-corrected chi connectivity index (χ0v) is 10.7. The minimum Gasteiger partial charge on any atom is -0.493 e. The van der Waals surface area contributed by atoms with Crippen LogP contribution in [-0.4, -0.2) is 18.2 Å². The molecular formula is C14H14O5. The van der Waals surface area contributed by atoms with E-state index in [-0.39, 0.29) is 12.4 Å². The average molecular weight is 262 g/mol. The van der Waals surface area contributed by atoms with Gasteiger partial charge in [-0.1, -0.05) is 6.07 Å². The molecule has 1 N–H and O–H groups in total. The van der Waals surface area contributed by atoms with E-state index in [9.17, 15) is 4.79 Å². The Hall–Kier alpha value is -2.43. The maximum absolute atomic E-state index is 10.9. The molecule has 0 bridgehead atoms. The Morgan fingerprint density at radius 1 is 1.32 bits per heavy atom. The summed E-state index contributed by atoms with van der Waals surface area (Å²) in [6.45, 7) is 2.06. The van der Waals surface area contributed by atoms with Crippen molar-refractivity contribution in [1.29, 1.82) is 0 Å². The van der Waals surface area contributed by atoms with Crippen molar-refractivity contribution >= 4 is 5.97 Å². The van der Waals surface area contributed by atoms with Gasteiger partial charge < -0.3 is 19.0 Å². The monoisotopic (exact) mass is 262 g/mol. The number of furan rings is 1. The van der Waals surface area contributed by atoms with Crippen LogP contribution in [0.25, 0.3) is 0 Å². The summed E-state index contributed by atoms with van der Waals surface area (Å²) >= 11 is 0. The quantitative estimate of drug-likeness (QED) is 0.897. The molecule has 5 heteroatoms. The molecule has 2 rings (SSSR count). The van der Waals surface area contributed by atoms with E-state index < -0.39 is 5.97 Å². The van der Waals surface area contributed by atoms with Crippen LogP contribution in [0.2, 0.25) is 0 Å². The number of rotatable bonds is 5. The highest BCUT2D eigenvalue weighted by Crippen LogP contribution is 2.28. The third kappa shape index (κ3) is 2.88. The Labute approximate surface area is 110 Å². The van der Waals surface area contributed by atoms with Crippen LogP contribution in [0, 0.1) is 6.92 Å². The van der Waals surface area contributed by atoms with Gasteiger partial charge in [-0.3, -0.25) is 0 Å². The van der Waals surface area contributed by atoms with Crippen molar-refractivity contribution in [2.75, 3.05) is 7.11 Å². The molecule has 0 atom stereocenters. The van der Waals surface area contributed by atoms with Crippen molar-refractivity contribution in [2.24, 2.45) is 0 Å². The summed E-state index contributed by atoms with van der Waals surface area (Å²) < 4.78 is 15.7. The van der Waals surface area contributed by atoms with E-state index >= 15 is 0 Å². The largest absolute Gasteiger partial charge is 0.493 e. The topological polar surface area (TPSA) is 68.9 Å². The highest BCUT2D eigenvalue weighted by Gasteiger charge is 2.15. The first kappa shape index (κ1) is 13.0. The lowest BCUT2D eigenvalue weighted by atomic mass is 10.2. The number of aryl methyl sites for hydroxylation is 1. The molecule has 0 fully saturated rings. The van der Waals surface area contributed by atoms with E-state index in [1.165, 1.54) is 6.26 Å². The fourth-order valence-corrected chi connectivity index (χ4v) is 1.69. The molecule has 100 valence electrons. The van der Waals surface area contributed by atoms with E-state index in [1.807, 2.05) is 19.1 Å². The summed E-state index contributed by atoms with van der Waals surface area (Å²) in [5, 5.41) is 8.91. The molecular weight excluding hydrogens is 248 g/mol. The molecule has 0 saturated carbocycles. The zero-order valence-electron chi connectivity index (χ0n) is 10.7. The van der Waals surface area contributed by atoms with E-state index in [0.29, 0.717) is 17.1 Å². The minimum absolute atomic E-state index is 0.105. The number of hydrogen-bond donors (Lipinski definition) is 1. The second kappa shape index (κ2) is 5.48. The molecule has 0 aliphatic carbocycles. The van der Waals surface area contributed by atoms with Gasteiger partial charge in [0.15, 0.2) is 11.5 Å². The SMILES string of the molecule is COc1cc(C)ccc1OCc1ccoc1C(=O)O. The van der Waals surface area contributed by atoms with Gasteiger partial charge in [0.2, 0.25) is 5.76 Å². The van der Waals surface area contributed by atoms with Gasteiger partial charge in [-0.15, -0.1) is 0 Å². The summed E-state index contributed by atoms with van der Waals surface area (Å²) in [7, 11) is 1.56. The number of carboxylic acid groups (broad SMARTS) is 1. The molecule has 19 heavy (non-hydrogen) atoms. The van der Waals surface area contributed by atoms with Gasteiger partial charge in [0, 0.05) is 5.56 Å². The van der Waals surface area contributed by atoms with Crippen LogP contribution in [0.5, 0.6) is 11.5 Å². The number of carboxylic acids is 1. The number of benzene rings is 1. The first-order chi connectivity index (χ1) is 9.11. The highest BCUT2D eigenvalue weighted by atomic mass is 16.5. The molecule has 0 radical (unpaired) electrons. The van der Waals surface area contributed by atoms with Crippen molar-refractivity contribution in [1.82, 2.24) is 0 Å². The molecule has 2 aromatic rings. The second-order valence-corrected chi connectivity index (χ2v) is 4.02. The molecule has 1 heterocycles. The van der Waals surface area contributed by atoms with E-state index in [2.05, 4.69) is 0 Å². The Balaban J connectivity index is 2.14. The lowest BCUT2D eigenvalue weighted by Gasteiger charge is -2.10. The molecule has 0 spiro atoms. The van der Waals surface area contributed by atoms with Crippen LogP contribution in [0.15, 0.2) is 34.9 Å². The molecule has 1 aromatic heterocycles. The van der Waals surface area contributed by atoms with Crippen molar-refractivity contribution < 1.29 is 23.8 Å². The predicted octanol–water partition coefficient (Wildman–Crippen LogP) is 2.87. The van der Waals surface area contributed by atoms with Crippen LogP contribution < -0.4 is 9.47 Å². The highest BCUT2D eigenvalue weighted by molar-refractivity contribution is 5.86. The molecule has 0 saturated heterocycles. The Bertz CT molecular complexity index is 585. The molecule has 0 amide bonds. The van der Waals surface area contributed by atoms with Crippen molar-refractivity contribution in [3.05, 3.63) is 47.4 Å². The van der Waals surface area contributed by atoms with Gasteiger partial charge in [0.05, 0.1) is 13.4 Å². The maximum atomic E-state index is 10.9. The van der Waals surface area contributed by atoms with Crippen molar-refractivity contribution in [3.8, 4) is 11.5 Å². The Morgan fingerprint density at radius 2 is 2.11 bits per heavy atom. The summed E-state index contributed by atoms with van der Waals surface area (Å²) in [5.74, 6) is -0.0449. The van der Waals surface area contributed by atoms with Gasteiger partial charge in [0.1, 0.15) is 6.61 Å². The zero-order chi connectivity index (χ0) is 13.8. The first-order valence-electron chi connectivity index (χ1n) is 5.69. The third-order valence-corrected chi connectivity index (χ3v) is 2.64. The number of ether oxygens (including phenoxy) is 2. The number of methoxy groups -OCH3 is 1.